The van der Waals surface area contributed by atoms with Crippen LogP contribution in [0.1, 0.15) is 48.8 Å². The van der Waals surface area contributed by atoms with Gasteiger partial charge in [-0.05, 0) is 35.4 Å². The summed E-state index contributed by atoms with van der Waals surface area (Å²) in [7, 11) is 0. The molecular weight excluding hydrogens is 366 g/mol. The zero-order chi connectivity index (χ0) is 20.8. The molecule has 0 spiro atoms. The highest BCUT2D eigenvalue weighted by Gasteiger charge is 2.47. The Kier molecular flexibility index (Phi) is 6.63. The van der Waals surface area contributed by atoms with Crippen molar-refractivity contribution >= 4 is 5.91 Å². The standard InChI is InChI=1S/C28H31NO/c1-2-3-19-25-26(20-22-13-7-4-8-14-22)29(21-23-15-9-5-10-16-23)28(30)27(25)24-17-11-6-12-18-24/h4-18,25-27H,2-3,19-21H2,1H3/t25-,26-,27-/m0/s1. The Morgan fingerprint density at radius 3 is 1.93 bits per heavy atom. The summed E-state index contributed by atoms with van der Waals surface area (Å²) >= 11 is 0. The predicted molar refractivity (Wildman–Crippen MR) is 123 cm³/mol. The maximum atomic E-state index is 13.8. The van der Waals surface area contributed by atoms with Crippen molar-refractivity contribution in [2.24, 2.45) is 5.92 Å². The second kappa shape index (κ2) is 9.75. The van der Waals surface area contributed by atoms with E-state index in [4.69, 9.17) is 0 Å². The summed E-state index contributed by atoms with van der Waals surface area (Å²) in [5, 5.41) is 0. The average molecular weight is 398 g/mol. The third kappa shape index (κ3) is 4.48. The maximum absolute atomic E-state index is 13.8. The number of likely N-dealkylation sites (tertiary alicyclic amines) is 1. The zero-order valence-corrected chi connectivity index (χ0v) is 17.8. The van der Waals surface area contributed by atoms with Crippen LogP contribution in [0.2, 0.25) is 0 Å². The first-order chi connectivity index (χ1) is 14.8. The highest BCUT2D eigenvalue weighted by Crippen LogP contribution is 2.43. The molecule has 0 N–H and O–H groups in total. The number of hydrogen-bond donors (Lipinski definition) is 0. The zero-order valence-electron chi connectivity index (χ0n) is 17.8. The SMILES string of the molecule is CCCC[C@@H]1[C@H](c2ccccc2)C(=O)N(Cc2ccccc2)[C@H]1Cc1ccccc1. The molecule has 4 rings (SSSR count). The second-order valence-corrected chi connectivity index (χ2v) is 8.40. The molecule has 1 fully saturated rings. The van der Waals surface area contributed by atoms with Crippen molar-refractivity contribution in [3.05, 3.63) is 108 Å². The normalized spacial score (nSPS) is 21.2. The first-order valence-electron chi connectivity index (χ1n) is 11.2. The number of unbranched alkanes of at least 4 members (excludes halogenated alkanes) is 1. The number of rotatable bonds is 8. The fraction of sp³-hybridized carbons (Fsp3) is 0.321. The molecule has 0 aliphatic carbocycles. The molecule has 1 heterocycles. The van der Waals surface area contributed by atoms with E-state index in [0.29, 0.717) is 12.5 Å². The molecule has 30 heavy (non-hydrogen) atoms. The average Bonchev–Trinajstić information content (AvgIpc) is 3.05. The fourth-order valence-electron chi connectivity index (χ4n) is 4.92. The van der Waals surface area contributed by atoms with E-state index in [0.717, 1.165) is 31.2 Å². The van der Waals surface area contributed by atoms with Crippen LogP contribution >= 0.6 is 0 Å². The van der Waals surface area contributed by atoms with Crippen LogP contribution < -0.4 is 0 Å². The first kappa shape index (κ1) is 20.4. The van der Waals surface area contributed by atoms with Crippen molar-refractivity contribution in [2.45, 2.75) is 51.1 Å². The van der Waals surface area contributed by atoms with Gasteiger partial charge in [0.1, 0.15) is 0 Å². The van der Waals surface area contributed by atoms with E-state index >= 15 is 0 Å². The Bertz CT molecular complexity index is 923. The number of amides is 1. The topological polar surface area (TPSA) is 20.3 Å². The van der Waals surface area contributed by atoms with Crippen LogP contribution in [0, 0.1) is 5.92 Å². The first-order valence-corrected chi connectivity index (χ1v) is 11.2. The van der Waals surface area contributed by atoms with Gasteiger partial charge in [0.25, 0.3) is 0 Å². The molecule has 0 radical (unpaired) electrons. The quantitative estimate of drug-likeness (QED) is 0.441. The summed E-state index contributed by atoms with van der Waals surface area (Å²) in [6, 6.07) is 31.7. The van der Waals surface area contributed by atoms with Crippen LogP contribution in [-0.2, 0) is 17.8 Å². The highest BCUT2D eigenvalue weighted by molar-refractivity contribution is 5.87. The van der Waals surface area contributed by atoms with E-state index in [1.54, 1.807) is 0 Å². The highest BCUT2D eigenvalue weighted by atomic mass is 16.2. The van der Waals surface area contributed by atoms with Gasteiger partial charge in [-0.3, -0.25) is 4.79 Å². The molecule has 3 atom stereocenters. The van der Waals surface area contributed by atoms with Crippen LogP contribution in [0.15, 0.2) is 91.0 Å². The molecule has 2 heteroatoms. The van der Waals surface area contributed by atoms with Gasteiger partial charge in [0.15, 0.2) is 0 Å². The lowest BCUT2D eigenvalue weighted by molar-refractivity contribution is -0.130. The van der Waals surface area contributed by atoms with Crippen molar-refractivity contribution in [3.63, 3.8) is 0 Å². The molecule has 0 unspecified atom stereocenters. The molecule has 1 saturated heterocycles. The minimum atomic E-state index is -0.0461. The Labute approximate surface area is 180 Å². The lowest BCUT2D eigenvalue weighted by Gasteiger charge is -2.29. The van der Waals surface area contributed by atoms with Crippen LogP contribution in [0.25, 0.3) is 0 Å². The molecule has 3 aromatic carbocycles. The van der Waals surface area contributed by atoms with Crippen molar-refractivity contribution in [3.8, 4) is 0 Å². The van der Waals surface area contributed by atoms with Gasteiger partial charge in [-0.2, -0.15) is 0 Å². The molecule has 3 aromatic rings. The lowest BCUT2D eigenvalue weighted by Crippen LogP contribution is -2.36. The molecule has 0 bridgehead atoms. The van der Waals surface area contributed by atoms with Crippen LogP contribution in [0.4, 0.5) is 0 Å². The molecule has 1 aliphatic heterocycles. The van der Waals surface area contributed by atoms with Gasteiger partial charge in [0.2, 0.25) is 5.91 Å². The monoisotopic (exact) mass is 397 g/mol. The fourth-order valence-corrected chi connectivity index (χ4v) is 4.92. The van der Waals surface area contributed by atoms with Gasteiger partial charge in [-0.15, -0.1) is 0 Å². The third-order valence-corrected chi connectivity index (χ3v) is 6.40. The van der Waals surface area contributed by atoms with Crippen LogP contribution in [0.5, 0.6) is 0 Å². The molecule has 154 valence electrons. The van der Waals surface area contributed by atoms with Crippen molar-refractivity contribution in [1.82, 2.24) is 4.90 Å². The summed E-state index contributed by atoms with van der Waals surface area (Å²) in [5.41, 5.74) is 3.67. The Balaban J connectivity index is 1.71. The minimum absolute atomic E-state index is 0.0461. The molecule has 2 nitrogen and oxygen atoms in total. The Morgan fingerprint density at radius 2 is 1.33 bits per heavy atom. The third-order valence-electron chi connectivity index (χ3n) is 6.40. The number of nitrogens with zero attached hydrogens (tertiary/aromatic N) is 1. The minimum Gasteiger partial charge on any atom is -0.334 e. The van der Waals surface area contributed by atoms with Crippen molar-refractivity contribution in [2.75, 3.05) is 0 Å². The number of carbonyl (C=O) groups excluding carboxylic acids is 1. The number of carbonyl (C=O) groups is 1. The summed E-state index contributed by atoms with van der Waals surface area (Å²) in [6.45, 7) is 2.92. The molecule has 1 amide bonds. The molecule has 0 saturated carbocycles. The van der Waals surface area contributed by atoms with E-state index in [9.17, 15) is 4.79 Å². The molecule has 0 aromatic heterocycles. The predicted octanol–water partition coefficient (Wildman–Crippen LogP) is 6.23. The summed E-state index contributed by atoms with van der Waals surface area (Å²) < 4.78 is 0. The number of benzene rings is 3. The van der Waals surface area contributed by atoms with E-state index in [1.807, 2.05) is 12.1 Å². The van der Waals surface area contributed by atoms with Gasteiger partial charge < -0.3 is 4.90 Å². The van der Waals surface area contributed by atoms with E-state index in [-0.39, 0.29) is 17.9 Å². The van der Waals surface area contributed by atoms with E-state index in [2.05, 4.69) is 90.7 Å². The van der Waals surface area contributed by atoms with Crippen LogP contribution in [-0.4, -0.2) is 16.8 Å². The lowest BCUT2D eigenvalue weighted by atomic mass is 9.80. The Morgan fingerprint density at radius 1 is 0.767 bits per heavy atom. The van der Waals surface area contributed by atoms with Crippen LogP contribution in [0.3, 0.4) is 0 Å². The molecular formula is C28H31NO. The van der Waals surface area contributed by atoms with E-state index < -0.39 is 0 Å². The van der Waals surface area contributed by atoms with Gasteiger partial charge in [0.05, 0.1) is 5.92 Å². The summed E-state index contributed by atoms with van der Waals surface area (Å²) in [4.78, 5) is 16.0. The van der Waals surface area contributed by atoms with Crippen molar-refractivity contribution in [1.29, 1.82) is 0 Å². The van der Waals surface area contributed by atoms with Crippen molar-refractivity contribution < 1.29 is 4.79 Å². The maximum Gasteiger partial charge on any atom is 0.231 e. The second-order valence-electron chi connectivity index (χ2n) is 8.40. The number of hydrogen-bond acceptors (Lipinski definition) is 1. The van der Waals surface area contributed by atoms with Gasteiger partial charge in [0, 0.05) is 12.6 Å². The van der Waals surface area contributed by atoms with Gasteiger partial charge >= 0.3 is 0 Å². The Hall–Kier alpha value is -2.87. The summed E-state index contributed by atoms with van der Waals surface area (Å²) in [6.07, 6.45) is 4.32. The largest absolute Gasteiger partial charge is 0.334 e. The van der Waals surface area contributed by atoms with Gasteiger partial charge in [-0.1, -0.05) is 111 Å². The summed E-state index contributed by atoms with van der Waals surface area (Å²) in [5.74, 6) is 0.575. The molecule has 1 aliphatic rings. The van der Waals surface area contributed by atoms with Gasteiger partial charge in [-0.25, -0.2) is 0 Å². The smallest absolute Gasteiger partial charge is 0.231 e. The van der Waals surface area contributed by atoms with E-state index in [1.165, 1.54) is 11.1 Å².